The molecule has 1 aliphatic heterocycles. The van der Waals surface area contributed by atoms with E-state index in [0.29, 0.717) is 18.9 Å². The molecule has 0 aliphatic carbocycles. The largest absolute Gasteiger partial charge is 0.306 e. The van der Waals surface area contributed by atoms with Crippen molar-refractivity contribution in [3.05, 3.63) is 52.7 Å². The lowest BCUT2D eigenvalue weighted by Gasteiger charge is -2.15. The van der Waals surface area contributed by atoms with Crippen molar-refractivity contribution in [3.63, 3.8) is 0 Å². The molecule has 3 heterocycles. The molecule has 1 aromatic carbocycles. The van der Waals surface area contributed by atoms with Crippen molar-refractivity contribution in [2.24, 2.45) is 0 Å². The van der Waals surface area contributed by atoms with Crippen LogP contribution in [-0.2, 0) is 10.0 Å². The molecule has 1 N–H and O–H groups in total. The molecule has 6 nitrogen and oxygen atoms in total. The number of anilines is 1. The molecule has 1 fully saturated rings. The highest BCUT2D eigenvalue weighted by atomic mass is 32.2. The van der Waals surface area contributed by atoms with Gasteiger partial charge in [0.2, 0.25) is 10.0 Å². The first-order chi connectivity index (χ1) is 12.6. The highest BCUT2D eigenvalue weighted by Gasteiger charge is 2.31. The zero-order valence-electron chi connectivity index (χ0n) is 13.9. The highest BCUT2D eigenvalue weighted by Crippen LogP contribution is 2.28. The number of nitrogens with zero attached hydrogens (tertiary/aromatic N) is 2. The number of benzene rings is 1. The van der Waals surface area contributed by atoms with Gasteiger partial charge in [0.1, 0.15) is 15.6 Å². The summed E-state index contributed by atoms with van der Waals surface area (Å²) in [6.07, 6.45) is 1.71. The molecule has 0 radical (unpaired) electrons. The van der Waals surface area contributed by atoms with Crippen molar-refractivity contribution >= 4 is 44.0 Å². The van der Waals surface area contributed by atoms with Crippen molar-refractivity contribution in [3.8, 4) is 0 Å². The van der Waals surface area contributed by atoms with E-state index in [1.54, 1.807) is 11.4 Å². The zero-order chi connectivity index (χ0) is 18.1. The van der Waals surface area contributed by atoms with Crippen LogP contribution in [0.5, 0.6) is 0 Å². The first-order valence-electron chi connectivity index (χ1n) is 8.30. The summed E-state index contributed by atoms with van der Waals surface area (Å²) >= 11 is 1.12. The number of aromatic nitrogens is 1. The quantitative estimate of drug-likeness (QED) is 0.745. The maximum absolute atomic E-state index is 12.8. The van der Waals surface area contributed by atoms with Gasteiger partial charge in [-0.1, -0.05) is 18.2 Å². The fourth-order valence-electron chi connectivity index (χ4n) is 3.04. The molecule has 134 valence electrons. The number of amides is 1. The number of hydrogen-bond acceptors (Lipinski definition) is 5. The van der Waals surface area contributed by atoms with Crippen LogP contribution in [0.2, 0.25) is 0 Å². The van der Waals surface area contributed by atoms with Crippen LogP contribution in [0.3, 0.4) is 0 Å². The molecule has 1 amide bonds. The predicted molar refractivity (Wildman–Crippen MR) is 102 cm³/mol. The molecular formula is C18H17N3O3S2. The molecule has 8 heteroatoms. The Balaban J connectivity index is 1.62. The lowest BCUT2D eigenvalue weighted by Crippen LogP contribution is -2.29. The number of rotatable bonds is 4. The molecule has 0 atom stereocenters. The summed E-state index contributed by atoms with van der Waals surface area (Å²) in [6, 6.07) is 12.7. The van der Waals surface area contributed by atoms with Gasteiger partial charge in [0.05, 0.1) is 5.52 Å². The molecule has 0 spiro atoms. The summed E-state index contributed by atoms with van der Waals surface area (Å²) in [5.41, 5.74) is 0.765. The number of fused-ring (bicyclic) bond motifs is 1. The van der Waals surface area contributed by atoms with E-state index in [4.69, 9.17) is 0 Å². The van der Waals surface area contributed by atoms with Crippen molar-refractivity contribution < 1.29 is 13.2 Å². The van der Waals surface area contributed by atoms with Crippen molar-refractivity contribution in [1.82, 2.24) is 9.29 Å². The molecule has 4 rings (SSSR count). The average molecular weight is 387 g/mol. The van der Waals surface area contributed by atoms with Gasteiger partial charge in [-0.15, -0.1) is 11.3 Å². The normalized spacial score (nSPS) is 15.4. The van der Waals surface area contributed by atoms with Crippen LogP contribution < -0.4 is 5.32 Å². The van der Waals surface area contributed by atoms with E-state index in [1.165, 1.54) is 10.4 Å². The van der Waals surface area contributed by atoms with Gasteiger partial charge in [-0.05, 0) is 42.5 Å². The Kier molecular flexibility index (Phi) is 4.47. The molecule has 26 heavy (non-hydrogen) atoms. The van der Waals surface area contributed by atoms with E-state index in [9.17, 15) is 13.2 Å². The Labute approximate surface area is 155 Å². The van der Waals surface area contributed by atoms with Crippen LogP contribution in [0.25, 0.3) is 10.9 Å². The minimum Gasteiger partial charge on any atom is -0.306 e. The first-order valence-corrected chi connectivity index (χ1v) is 10.6. The number of hydrogen-bond donors (Lipinski definition) is 1. The van der Waals surface area contributed by atoms with Crippen molar-refractivity contribution in [2.45, 2.75) is 17.7 Å². The van der Waals surface area contributed by atoms with E-state index in [2.05, 4.69) is 10.3 Å². The maximum Gasteiger partial charge on any atom is 0.268 e. The molecule has 0 bridgehead atoms. The third-order valence-electron chi connectivity index (χ3n) is 4.36. The Morgan fingerprint density at radius 1 is 1.08 bits per heavy atom. The summed E-state index contributed by atoms with van der Waals surface area (Å²) in [6.45, 7) is 1.01. The Morgan fingerprint density at radius 3 is 2.65 bits per heavy atom. The fraction of sp³-hybridized carbons (Fsp3) is 0.222. The second kappa shape index (κ2) is 6.79. The Hall–Kier alpha value is -2.29. The van der Waals surface area contributed by atoms with Gasteiger partial charge in [-0.25, -0.2) is 13.4 Å². The number of pyridine rings is 1. The van der Waals surface area contributed by atoms with Gasteiger partial charge >= 0.3 is 0 Å². The van der Waals surface area contributed by atoms with E-state index in [1.807, 2.05) is 30.3 Å². The number of para-hydroxylation sites is 1. The molecule has 3 aromatic rings. The maximum atomic E-state index is 12.8. The summed E-state index contributed by atoms with van der Waals surface area (Å²) in [5.74, 6) is -0.0628. The lowest BCUT2D eigenvalue weighted by molar-refractivity contribution is 0.102. The molecule has 0 saturated carbocycles. The lowest BCUT2D eigenvalue weighted by atomic mass is 10.2. The number of nitrogens with one attached hydrogen (secondary N) is 1. The average Bonchev–Trinajstić information content (AvgIpc) is 3.33. The molecule has 2 aromatic heterocycles. The van der Waals surface area contributed by atoms with Gasteiger partial charge in [0, 0.05) is 18.5 Å². The van der Waals surface area contributed by atoms with Crippen molar-refractivity contribution in [1.29, 1.82) is 0 Å². The molecular weight excluding hydrogens is 370 g/mol. The SMILES string of the molecule is O=C(Nc1ccc2ccccc2n1)c1sccc1S(=O)(=O)N1CCCC1. The molecule has 1 aliphatic rings. The van der Waals surface area contributed by atoms with E-state index in [-0.39, 0.29) is 9.77 Å². The molecule has 0 unspecified atom stereocenters. The van der Waals surface area contributed by atoms with Crippen LogP contribution in [0.4, 0.5) is 5.82 Å². The fourth-order valence-corrected chi connectivity index (χ4v) is 5.86. The predicted octanol–water partition coefficient (Wildman–Crippen LogP) is 3.33. The van der Waals surface area contributed by atoms with Crippen LogP contribution in [0.1, 0.15) is 22.5 Å². The third-order valence-corrected chi connectivity index (χ3v) is 7.34. The summed E-state index contributed by atoms with van der Waals surface area (Å²) in [5, 5.41) is 5.32. The Bertz CT molecular complexity index is 1070. The van der Waals surface area contributed by atoms with E-state index < -0.39 is 15.9 Å². The first kappa shape index (κ1) is 17.1. The zero-order valence-corrected chi connectivity index (χ0v) is 15.5. The van der Waals surface area contributed by atoms with Crippen LogP contribution in [-0.4, -0.2) is 36.7 Å². The van der Waals surface area contributed by atoms with E-state index in [0.717, 1.165) is 35.1 Å². The summed E-state index contributed by atoms with van der Waals surface area (Å²) < 4.78 is 27.0. The number of thiophene rings is 1. The minimum atomic E-state index is -3.64. The van der Waals surface area contributed by atoms with Crippen LogP contribution >= 0.6 is 11.3 Å². The van der Waals surface area contributed by atoms with Gasteiger partial charge in [-0.3, -0.25) is 4.79 Å². The smallest absolute Gasteiger partial charge is 0.268 e. The number of carbonyl (C=O) groups excluding carboxylic acids is 1. The third kappa shape index (κ3) is 3.11. The van der Waals surface area contributed by atoms with Gasteiger partial charge in [0.15, 0.2) is 0 Å². The second-order valence-electron chi connectivity index (χ2n) is 6.07. The highest BCUT2D eigenvalue weighted by molar-refractivity contribution is 7.89. The monoisotopic (exact) mass is 387 g/mol. The Morgan fingerprint density at radius 2 is 1.85 bits per heavy atom. The van der Waals surface area contributed by atoms with Gasteiger partial charge in [-0.2, -0.15) is 4.31 Å². The van der Waals surface area contributed by atoms with Crippen LogP contribution in [0.15, 0.2) is 52.7 Å². The molecule has 1 saturated heterocycles. The minimum absolute atomic E-state index is 0.0719. The van der Waals surface area contributed by atoms with Gasteiger partial charge < -0.3 is 5.32 Å². The number of sulfonamides is 1. The van der Waals surface area contributed by atoms with Crippen LogP contribution in [0, 0.1) is 0 Å². The number of carbonyl (C=O) groups is 1. The summed E-state index contributed by atoms with van der Waals surface area (Å²) in [4.78, 5) is 17.3. The second-order valence-corrected chi connectivity index (χ2v) is 8.89. The standard InChI is InChI=1S/C18H17N3O3S2/c22-18(20-16-8-7-13-5-1-2-6-14(13)19-16)17-15(9-12-25-17)26(23,24)21-10-3-4-11-21/h1-2,5-9,12H,3-4,10-11H2,(H,19,20,22). The van der Waals surface area contributed by atoms with E-state index >= 15 is 0 Å². The topological polar surface area (TPSA) is 79.4 Å². The van der Waals surface area contributed by atoms with Crippen molar-refractivity contribution in [2.75, 3.05) is 18.4 Å². The van der Waals surface area contributed by atoms with Gasteiger partial charge in [0.25, 0.3) is 5.91 Å². The summed E-state index contributed by atoms with van der Waals surface area (Å²) in [7, 11) is -3.64.